The van der Waals surface area contributed by atoms with E-state index < -0.39 is 0 Å². The maximum atomic E-state index is 13.1. The second-order valence-electron chi connectivity index (χ2n) is 7.98. The van der Waals surface area contributed by atoms with Crippen molar-refractivity contribution >= 4 is 11.8 Å². The quantitative estimate of drug-likeness (QED) is 0.787. The lowest BCUT2D eigenvalue weighted by atomic mass is 9.78. The van der Waals surface area contributed by atoms with Crippen molar-refractivity contribution in [3.8, 4) is 0 Å². The highest BCUT2D eigenvalue weighted by Crippen LogP contribution is 2.39. The molecule has 1 aromatic carbocycles. The van der Waals surface area contributed by atoms with Crippen molar-refractivity contribution in [1.82, 2.24) is 30.0 Å². The summed E-state index contributed by atoms with van der Waals surface area (Å²) >= 11 is 0. The van der Waals surface area contributed by atoms with Crippen molar-refractivity contribution in [3.63, 3.8) is 0 Å². The van der Waals surface area contributed by atoms with Gasteiger partial charge in [0.15, 0.2) is 0 Å². The molecule has 2 saturated heterocycles. The molecule has 0 radical (unpaired) electrons. The van der Waals surface area contributed by atoms with Crippen LogP contribution in [-0.2, 0) is 16.1 Å². The van der Waals surface area contributed by atoms with Crippen molar-refractivity contribution in [2.45, 2.75) is 63.6 Å². The molecule has 4 rings (SSSR count). The highest BCUT2D eigenvalue weighted by molar-refractivity contribution is 5.77. The number of tetrazole rings is 1. The molecule has 2 fully saturated rings. The lowest BCUT2D eigenvalue weighted by Crippen LogP contribution is -2.60. The third kappa shape index (κ3) is 4.16. The Morgan fingerprint density at radius 2 is 1.90 bits per heavy atom. The summed E-state index contributed by atoms with van der Waals surface area (Å²) in [6, 6.07) is 10.5. The van der Waals surface area contributed by atoms with Crippen LogP contribution in [-0.4, -0.2) is 67.0 Å². The number of piperidine rings is 1. The van der Waals surface area contributed by atoms with Gasteiger partial charge in [-0.3, -0.25) is 9.59 Å². The number of aromatic nitrogens is 4. The number of benzene rings is 1. The zero-order valence-electron chi connectivity index (χ0n) is 16.9. The van der Waals surface area contributed by atoms with Crippen molar-refractivity contribution < 1.29 is 9.59 Å². The molecule has 2 aromatic rings. The highest BCUT2D eigenvalue weighted by atomic mass is 16.2. The van der Waals surface area contributed by atoms with E-state index in [4.69, 9.17) is 0 Å². The molecule has 2 amide bonds. The zero-order valence-corrected chi connectivity index (χ0v) is 16.9. The normalized spacial score (nSPS) is 24.7. The van der Waals surface area contributed by atoms with E-state index in [1.165, 1.54) is 11.9 Å². The number of likely N-dealkylation sites (tertiary alicyclic amines) is 2. The highest BCUT2D eigenvalue weighted by Gasteiger charge is 2.45. The van der Waals surface area contributed by atoms with Crippen LogP contribution < -0.4 is 0 Å². The second-order valence-corrected chi connectivity index (χ2v) is 7.98. The molecule has 0 bridgehead atoms. The second kappa shape index (κ2) is 8.71. The molecule has 1 aromatic heterocycles. The first-order valence-electron chi connectivity index (χ1n) is 10.5. The monoisotopic (exact) mass is 396 g/mol. The van der Waals surface area contributed by atoms with Gasteiger partial charge in [-0.15, -0.1) is 5.10 Å². The molecular formula is C21H28N6O2. The van der Waals surface area contributed by atoms with Crippen LogP contribution in [0.2, 0.25) is 0 Å². The van der Waals surface area contributed by atoms with Gasteiger partial charge in [0.1, 0.15) is 6.33 Å². The van der Waals surface area contributed by atoms with Crippen LogP contribution in [0.3, 0.4) is 0 Å². The SMILES string of the molecule is CC(=O)N1CCCC[C@@H]2[C@H]1[C@@H](c1ccccc1)CCN2C(=O)CCn1cnnn1. The molecule has 2 aliphatic heterocycles. The van der Waals surface area contributed by atoms with Crippen LogP contribution in [0.4, 0.5) is 0 Å². The summed E-state index contributed by atoms with van der Waals surface area (Å²) in [7, 11) is 0. The van der Waals surface area contributed by atoms with Crippen molar-refractivity contribution in [3.05, 3.63) is 42.2 Å². The predicted octanol–water partition coefficient (Wildman–Crippen LogP) is 1.85. The lowest BCUT2D eigenvalue weighted by Gasteiger charge is -2.49. The zero-order chi connectivity index (χ0) is 20.2. The molecule has 0 saturated carbocycles. The minimum Gasteiger partial charge on any atom is -0.338 e. The molecule has 154 valence electrons. The first-order chi connectivity index (χ1) is 14.1. The smallest absolute Gasteiger partial charge is 0.224 e. The van der Waals surface area contributed by atoms with E-state index in [9.17, 15) is 9.59 Å². The largest absolute Gasteiger partial charge is 0.338 e. The van der Waals surface area contributed by atoms with Crippen LogP contribution in [0.25, 0.3) is 0 Å². The molecule has 0 spiro atoms. The van der Waals surface area contributed by atoms with Gasteiger partial charge in [0.25, 0.3) is 0 Å². The first kappa shape index (κ1) is 19.5. The molecule has 3 heterocycles. The molecule has 8 nitrogen and oxygen atoms in total. The summed E-state index contributed by atoms with van der Waals surface area (Å²) in [5.41, 5.74) is 1.26. The minimum atomic E-state index is 0.0307. The van der Waals surface area contributed by atoms with Crippen molar-refractivity contribution in [2.75, 3.05) is 13.1 Å². The number of rotatable bonds is 4. The van der Waals surface area contributed by atoms with Gasteiger partial charge >= 0.3 is 0 Å². The third-order valence-corrected chi connectivity index (χ3v) is 6.30. The summed E-state index contributed by atoms with van der Waals surface area (Å²) < 4.78 is 1.58. The Hall–Kier alpha value is -2.77. The Bertz CT molecular complexity index is 825. The maximum absolute atomic E-state index is 13.1. The number of carbonyl (C=O) groups excluding carboxylic acids is 2. The van der Waals surface area contributed by atoms with Gasteiger partial charge in [-0.05, 0) is 41.7 Å². The molecule has 0 N–H and O–H groups in total. The summed E-state index contributed by atoms with van der Waals surface area (Å²) in [4.78, 5) is 29.7. The Morgan fingerprint density at radius 1 is 1.07 bits per heavy atom. The van der Waals surface area contributed by atoms with E-state index in [0.29, 0.717) is 13.0 Å². The Balaban J connectivity index is 1.59. The summed E-state index contributed by atoms with van der Waals surface area (Å²) in [5.74, 6) is 0.477. The van der Waals surface area contributed by atoms with Gasteiger partial charge in [0, 0.05) is 32.4 Å². The molecule has 29 heavy (non-hydrogen) atoms. The average molecular weight is 396 g/mol. The van der Waals surface area contributed by atoms with E-state index in [1.807, 2.05) is 15.9 Å². The van der Waals surface area contributed by atoms with Crippen LogP contribution in [0.15, 0.2) is 36.7 Å². The molecular weight excluding hydrogens is 368 g/mol. The van der Waals surface area contributed by atoms with E-state index in [1.54, 1.807) is 11.6 Å². The van der Waals surface area contributed by atoms with Crippen molar-refractivity contribution in [1.29, 1.82) is 0 Å². The Kier molecular flexibility index (Phi) is 5.87. The van der Waals surface area contributed by atoms with E-state index in [2.05, 4.69) is 39.8 Å². The van der Waals surface area contributed by atoms with Crippen LogP contribution in [0.5, 0.6) is 0 Å². The fourth-order valence-corrected chi connectivity index (χ4v) is 4.98. The number of nitrogens with zero attached hydrogens (tertiary/aromatic N) is 6. The van der Waals surface area contributed by atoms with Gasteiger partial charge in [0.05, 0.1) is 18.6 Å². The van der Waals surface area contributed by atoms with Gasteiger partial charge in [-0.1, -0.05) is 30.3 Å². The minimum absolute atomic E-state index is 0.0307. The van der Waals surface area contributed by atoms with Gasteiger partial charge in [-0.2, -0.15) is 0 Å². The van der Waals surface area contributed by atoms with E-state index in [-0.39, 0.29) is 29.8 Å². The lowest BCUT2D eigenvalue weighted by molar-refractivity contribution is -0.143. The predicted molar refractivity (Wildman–Crippen MR) is 107 cm³/mol. The standard InChI is InChI=1S/C21H28N6O2/c1-16(28)26-12-6-5-9-19-21(26)18(17-7-3-2-4-8-17)10-14-27(19)20(29)11-13-25-15-22-23-24-25/h2-4,7-8,15,18-19,21H,5-6,9-14H2,1H3/t18-,19-,21-/m1/s1. The molecule has 0 unspecified atom stereocenters. The number of carbonyl (C=O) groups is 2. The maximum Gasteiger partial charge on any atom is 0.224 e. The number of hydrogen-bond acceptors (Lipinski definition) is 5. The molecule has 3 atom stereocenters. The molecule has 8 heteroatoms. The number of fused-ring (bicyclic) bond motifs is 1. The topological polar surface area (TPSA) is 84.2 Å². The van der Waals surface area contributed by atoms with Gasteiger partial charge in [-0.25, -0.2) is 4.68 Å². The molecule has 2 aliphatic rings. The van der Waals surface area contributed by atoms with Gasteiger partial charge in [0.2, 0.25) is 11.8 Å². The summed E-state index contributed by atoms with van der Waals surface area (Å²) in [6.45, 7) is 3.62. The third-order valence-electron chi connectivity index (χ3n) is 6.30. The van der Waals surface area contributed by atoms with E-state index >= 15 is 0 Å². The Morgan fingerprint density at radius 3 is 2.62 bits per heavy atom. The number of hydrogen-bond donors (Lipinski definition) is 0. The molecule has 0 aliphatic carbocycles. The summed E-state index contributed by atoms with van der Waals surface area (Å²) in [6.07, 6.45) is 5.72. The average Bonchev–Trinajstić information content (AvgIpc) is 3.16. The van der Waals surface area contributed by atoms with Crippen LogP contribution >= 0.6 is 0 Å². The van der Waals surface area contributed by atoms with Crippen LogP contribution in [0.1, 0.15) is 50.5 Å². The summed E-state index contributed by atoms with van der Waals surface area (Å²) in [5, 5.41) is 11.1. The van der Waals surface area contributed by atoms with Gasteiger partial charge < -0.3 is 9.80 Å². The van der Waals surface area contributed by atoms with E-state index in [0.717, 1.165) is 38.8 Å². The fourth-order valence-electron chi connectivity index (χ4n) is 4.98. The van der Waals surface area contributed by atoms with Crippen molar-refractivity contribution in [2.24, 2.45) is 0 Å². The number of aryl methyl sites for hydroxylation is 1. The fraction of sp³-hybridized carbons (Fsp3) is 0.571. The van der Waals surface area contributed by atoms with Crippen LogP contribution in [0, 0.1) is 0 Å². The first-order valence-corrected chi connectivity index (χ1v) is 10.5. The number of amides is 2. The Labute approximate surface area is 170 Å².